The number of aromatic nitrogens is 2. The summed E-state index contributed by atoms with van der Waals surface area (Å²) in [6.45, 7) is 4.75. The summed E-state index contributed by atoms with van der Waals surface area (Å²) in [4.78, 5) is 0. The summed E-state index contributed by atoms with van der Waals surface area (Å²) in [5.74, 6) is 0. The number of alkyl halides is 3. The summed E-state index contributed by atoms with van der Waals surface area (Å²) in [6.07, 6.45) is -3.56. The second kappa shape index (κ2) is 6.52. The van der Waals surface area contributed by atoms with Gasteiger partial charge in [0.15, 0.2) is 0 Å². The van der Waals surface area contributed by atoms with E-state index in [1.807, 2.05) is 25.6 Å². The number of hydrogen-bond donors (Lipinski definition) is 1. The van der Waals surface area contributed by atoms with Gasteiger partial charge >= 0.3 is 6.18 Å². The molecule has 1 aromatic heterocycles. The predicted octanol–water partition coefficient (Wildman–Crippen LogP) is 3.39. The first-order chi connectivity index (χ1) is 10.3. The lowest BCUT2D eigenvalue weighted by atomic mass is 10.1. The Morgan fingerprint density at radius 3 is 2.45 bits per heavy atom. The summed E-state index contributed by atoms with van der Waals surface area (Å²) in [6, 6.07) is 5.67. The molecule has 0 unspecified atom stereocenters. The van der Waals surface area contributed by atoms with E-state index in [1.54, 1.807) is 6.07 Å². The molecule has 22 heavy (non-hydrogen) atoms. The smallest absolute Gasteiger partial charge is 0.312 e. The van der Waals surface area contributed by atoms with Crippen molar-refractivity contribution in [2.45, 2.75) is 33.0 Å². The molecule has 0 saturated carbocycles. The summed E-state index contributed by atoms with van der Waals surface area (Å²) < 4.78 is 40.5. The Morgan fingerprint density at radius 1 is 1.18 bits per heavy atom. The van der Waals surface area contributed by atoms with Gasteiger partial charge in [0.2, 0.25) is 0 Å². The van der Waals surface area contributed by atoms with Gasteiger partial charge < -0.3 is 5.32 Å². The molecular weight excluding hydrogens is 291 g/mol. The third-order valence-electron chi connectivity index (χ3n) is 3.85. The fraction of sp³-hybridized carbons (Fsp3) is 0.438. The van der Waals surface area contributed by atoms with Crippen LogP contribution in [0.5, 0.6) is 0 Å². The van der Waals surface area contributed by atoms with E-state index < -0.39 is 11.7 Å². The van der Waals surface area contributed by atoms with E-state index in [1.165, 1.54) is 12.1 Å². The third kappa shape index (κ3) is 3.68. The molecule has 0 aliphatic heterocycles. The van der Waals surface area contributed by atoms with Gasteiger partial charge in [0.1, 0.15) is 0 Å². The van der Waals surface area contributed by atoms with Gasteiger partial charge in [-0.2, -0.15) is 18.3 Å². The Hall–Kier alpha value is -1.82. The van der Waals surface area contributed by atoms with Crippen molar-refractivity contribution in [3.63, 3.8) is 0 Å². The molecule has 0 radical (unpaired) electrons. The fourth-order valence-electron chi connectivity index (χ4n) is 2.57. The maximum absolute atomic E-state index is 12.9. The minimum Gasteiger partial charge on any atom is -0.312 e. The zero-order valence-electron chi connectivity index (χ0n) is 13.0. The first kappa shape index (κ1) is 16.5. The molecule has 3 nitrogen and oxygen atoms in total. The van der Waals surface area contributed by atoms with Crippen LogP contribution in [0.4, 0.5) is 13.2 Å². The lowest BCUT2D eigenvalue weighted by Crippen LogP contribution is -2.20. The number of aryl methyl sites for hydroxylation is 2. The highest BCUT2D eigenvalue weighted by molar-refractivity contribution is 5.29. The predicted molar refractivity (Wildman–Crippen MR) is 79.5 cm³/mol. The number of benzene rings is 1. The molecule has 0 fully saturated rings. The van der Waals surface area contributed by atoms with Crippen molar-refractivity contribution in [1.82, 2.24) is 15.1 Å². The Morgan fingerprint density at radius 2 is 1.86 bits per heavy atom. The third-order valence-corrected chi connectivity index (χ3v) is 3.85. The van der Waals surface area contributed by atoms with Crippen LogP contribution in [0.1, 0.15) is 28.1 Å². The molecule has 1 heterocycles. The molecule has 0 saturated heterocycles. The molecule has 120 valence electrons. The monoisotopic (exact) mass is 311 g/mol. The maximum atomic E-state index is 12.9. The summed E-state index contributed by atoms with van der Waals surface area (Å²) in [5, 5.41) is 7.42. The number of nitrogens with one attached hydrogen (secondary N) is 1. The van der Waals surface area contributed by atoms with Crippen molar-refractivity contribution in [2.24, 2.45) is 7.05 Å². The molecule has 6 heteroatoms. The molecule has 0 aliphatic carbocycles. The van der Waals surface area contributed by atoms with Crippen molar-refractivity contribution in [1.29, 1.82) is 0 Å². The Bertz CT molecular complexity index is 645. The van der Waals surface area contributed by atoms with Gasteiger partial charge in [-0.25, -0.2) is 0 Å². The first-order valence-corrected chi connectivity index (χ1v) is 7.15. The standard InChI is InChI=1S/C16H20F3N3/c1-11-14(12(2)22(3)21-11)8-9-20-10-13-6-4-5-7-15(13)16(17,18)19/h4-7,20H,8-10H2,1-3H3. The molecule has 2 aromatic rings. The minimum atomic E-state index is -4.31. The van der Waals surface area contributed by atoms with E-state index >= 15 is 0 Å². The Kier molecular flexibility index (Phi) is 4.90. The van der Waals surface area contributed by atoms with Gasteiger partial charge in [0.25, 0.3) is 0 Å². The van der Waals surface area contributed by atoms with Crippen LogP contribution in [-0.4, -0.2) is 16.3 Å². The number of rotatable bonds is 5. The van der Waals surface area contributed by atoms with Gasteiger partial charge in [0.05, 0.1) is 11.3 Å². The summed E-state index contributed by atoms with van der Waals surface area (Å²) in [7, 11) is 1.89. The maximum Gasteiger partial charge on any atom is 0.416 e. The molecule has 0 aliphatic rings. The molecule has 0 bridgehead atoms. The zero-order valence-corrected chi connectivity index (χ0v) is 13.0. The van der Waals surface area contributed by atoms with Gasteiger partial charge in [-0.1, -0.05) is 18.2 Å². The van der Waals surface area contributed by atoms with Crippen LogP contribution < -0.4 is 5.32 Å². The molecule has 0 spiro atoms. The van der Waals surface area contributed by atoms with E-state index in [9.17, 15) is 13.2 Å². The lowest BCUT2D eigenvalue weighted by molar-refractivity contribution is -0.138. The number of halogens is 3. The molecule has 0 atom stereocenters. The minimum absolute atomic E-state index is 0.202. The van der Waals surface area contributed by atoms with Crippen LogP contribution in [0.3, 0.4) is 0 Å². The summed E-state index contributed by atoms with van der Waals surface area (Å²) >= 11 is 0. The highest BCUT2D eigenvalue weighted by Gasteiger charge is 2.32. The van der Waals surface area contributed by atoms with Gasteiger partial charge in [-0.15, -0.1) is 0 Å². The van der Waals surface area contributed by atoms with Gasteiger partial charge in [-0.3, -0.25) is 4.68 Å². The largest absolute Gasteiger partial charge is 0.416 e. The van der Waals surface area contributed by atoms with Crippen molar-refractivity contribution in [3.05, 3.63) is 52.3 Å². The molecule has 0 amide bonds. The summed E-state index contributed by atoms with van der Waals surface area (Å²) in [5.41, 5.74) is 2.91. The van der Waals surface area contributed by atoms with Crippen molar-refractivity contribution in [3.8, 4) is 0 Å². The highest BCUT2D eigenvalue weighted by atomic mass is 19.4. The van der Waals surface area contributed by atoms with Crippen LogP contribution in [0.2, 0.25) is 0 Å². The van der Waals surface area contributed by atoms with Crippen LogP contribution in [0.15, 0.2) is 24.3 Å². The number of hydrogen-bond acceptors (Lipinski definition) is 2. The first-order valence-electron chi connectivity index (χ1n) is 7.15. The van der Waals surface area contributed by atoms with Crippen LogP contribution in [0.25, 0.3) is 0 Å². The average molecular weight is 311 g/mol. The zero-order chi connectivity index (χ0) is 16.3. The van der Waals surface area contributed by atoms with E-state index in [0.29, 0.717) is 6.54 Å². The topological polar surface area (TPSA) is 29.9 Å². The van der Waals surface area contributed by atoms with Gasteiger partial charge in [0, 0.05) is 19.3 Å². The van der Waals surface area contributed by atoms with Crippen LogP contribution >= 0.6 is 0 Å². The second-order valence-electron chi connectivity index (χ2n) is 5.35. The fourth-order valence-corrected chi connectivity index (χ4v) is 2.57. The van der Waals surface area contributed by atoms with Crippen molar-refractivity contribution in [2.75, 3.05) is 6.54 Å². The molecule has 1 aromatic carbocycles. The second-order valence-corrected chi connectivity index (χ2v) is 5.35. The van der Waals surface area contributed by atoms with Crippen LogP contribution in [0, 0.1) is 13.8 Å². The molecule has 1 N–H and O–H groups in total. The van der Waals surface area contributed by atoms with E-state index in [2.05, 4.69) is 10.4 Å². The highest BCUT2D eigenvalue weighted by Crippen LogP contribution is 2.31. The van der Waals surface area contributed by atoms with E-state index in [4.69, 9.17) is 0 Å². The number of nitrogens with zero attached hydrogens (tertiary/aromatic N) is 2. The van der Waals surface area contributed by atoms with E-state index in [-0.39, 0.29) is 12.1 Å². The molecular formula is C16H20F3N3. The van der Waals surface area contributed by atoms with Gasteiger partial charge in [-0.05, 0) is 44.0 Å². The van der Waals surface area contributed by atoms with E-state index in [0.717, 1.165) is 29.4 Å². The quantitative estimate of drug-likeness (QED) is 0.858. The van der Waals surface area contributed by atoms with Crippen molar-refractivity contribution >= 4 is 0 Å². The normalized spacial score (nSPS) is 11.9. The van der Waals surface area contributed by atoms with Crippen molar-refractivity contribution < 1.29 is 13.2 Å². The SMILES string of the molecule is Cc1nn(C)c(C)c1CCNCc1ccccc1C(F)(F)F. The van der Waals surface area contributed by atoms with Crippen LogP contribution in [-0.2, 0) is 26.2 Å². The Balaban J connectivity index is 1.95. The molecule has 2 rings (SSSR count). The lowest BCUT2D eigenvalue weighted by Gasteiger charge is -2.13. The Labute approximate surface area is 128 Å². The average Bonchev–Trinajstić information content (AvgIpc) is 2.68.